The molecule has 0 saturated carbocycles. The second-order valence-electron chi connectivity index (χ2n) is 7.99. The van der Waals surface area contributed by atoms with Crippen LogP contribution < -0.4 is 14.4 Å². The number of anilines is 1. The zero-order valence-corrected chi connectivity index (χ0v) is 18.7. The number of hydrogen-bond acceptors (Lipinski definition) is 6. The van der Waals surface area contributed by atoms with Crippen LogP contribution in [0.4, 0.5) is 5.82 Å². The number of rotatable bonds is 6. The van der Waals surface area contributed by atoms with E-state index in [-0.39, 0.29) is 12.5 Å². The van der Waals surface area contributed by atoms with E-state index in [0.717, 1.165) is 39.7 Å². The molecule has 0 unspecified atom stereocenters. The first-order valence-electron chi connectivity index (χ1n) is 10.7. The number of nitrogens with zero attached hydrogens (tertiary/aromatic N) is 4. The lowest BCUT2D eigenvalue weighted by Crippen LogP contribution is -2.50. The van der Waals surface area contributed by atoms with E-state index in [9.17, 15) is 4.79 Å². The number of carbonyl (C=O) groups excluding carboxylic acids is 1. The van der Waals surface area contributed by atoms with Crippen LogP contribution in [0.5, 0.6) is 11.5 Å². The summed E-state index contributed by atoms with van der Waals surface area (Å²) in [6.07, 6.45) is 0. The minimum absolute atomic E-state index is 0.00440. The monoisotopic (exact) mass is 432 g/mol. The minimum atomic E-state index is 0.00440. The largest absolute Gasteiger partial charge is 0.497 e. The van der Waals surface area contributed by atoms with Gasteiger partial charge in [-0.2, -0.15) is 0 Å². The lowest BCUT2D eigenvalue weighted by molar-refractivity contribution is -0.133. The molecular weight excluding hydrogens is 404 g/mol. The number of benzene rings is 2. The van der Waals surface area contributed by atoms with Gasteiger partial charge in [0.25, 0.3) is 5.91 Å². The smallest absolute Gasteiger partial charge is 0.260 e. The maximum atomic E-state index is 12.6. The predicted octanol–water partition coefficient (Wildman–Crippen LogP) is 3.50. The first kappa shape index (κ1) is 21.6. The molecule has 1 aromatic heterocycles. The van der Waals surface area contributed by atoms with Crippen molar-refractivity contribution < 1.29 is 14.3 Å². The van der Waals surface area contributed by atoms with E-state index in [1.54, 1.807) is 7.11 Å². The highest BCUT2D eigenvalue weighted by Gasteiger charge is 2.22. The first-order valence-corrected chi connectivity index (χ1v) is 10.7. The molecule has 32 heavy (non-hydrogen) atoms. The zero-order chi connectivity index (χ0) is 22.5. The Hall–Kier alpha value is -3.61. The summed E-state index contributed by atoms with van der Waals surface area (Å²) in [5.74, 6) is 2.37. The van der Waals surface area contributed by atoms with E-state index in [2.05, 4.69) is 21.2 Å². The van der Waals surface area contributed by atoms with E-state index in [1.165, 1.54) is 0 Å². The summed E-state index contributed by atoms with van der Waals surface area (Å²) < 4.78 is 10.9. The highest BCUT2D eigenvalue weighted by Crippen LogP contribution is 2.22. The van der Waals surface area contributed by atoms with Crippen molar-refractivity contribution >= 4 is 11.7 Å². The molecule has 1 fully saturated rings. The molecule has 3 aromatic rings. The van der Waals surface area contributed by atoms with Crippen LogP contribution in [0, 0.1) is 13.8 Å². The highest BCUT2D eigenvalue weighted by molar-refractivity contribution is 5.78. The van der Waals surface area contributed by atoms with E-state index in [0.29, 0.717) is 26.2 Å². The standard InChI is InChI=1S/C25H28N4O3/c1-18-14-19(2)16-22(15-18)32-17-25(30)29-12-10-28(11-13-29)24-9-8-23(26-27-24)20-4-6-21(31-3)7-5-20/h4-9,14-16H,10-13,17H2,1-3H3. The van der Waals surface area contributed by atoms with Gasteiger partial charge in [-0.05, 0) is 73.5 Å². The summed E-state index contributed by atoms with van der Waals surface area (Å²) in [4.78, 5) is 16.6. The van der Waals surface area contributed by atoms with Crippen LogP contribution in [-0.4, -0.2) is 60.9 Å². The van der Waals surface area contributed by atoms with Crippen molar-refractivity contribution in [2.45, 2.75) is 13.8 Å². The van der Waals surface area contributed by atoms with Gasteiger partial charge in [-0.3, -0.25) is 4.79 Å². The average molecular weight is 433 g/mol. The molecule has 0 radical (unpaired) electrons. The molecule has 1 aliphatic heterocycles. The molecule has 1 saturated heterocycles. The third-order valence-corrected chi connectivity index (χ3v) is 5.55. The Labute approximate surface area is 188 Å². The number of hydrogen-bond donors (Lipinski definition) is 0. The summed E-state index contributed by atoms with van der Waals surface area (Å²) >= 11 is 0. The minimum Gasteiger partial charge on any atom is -0.497 e. The molecule has 7 heteroatoms. The van der Waals surface area contributed by atoms with Gasteiger partial charge in [0.15, 0.2) is 12.4 Å². The predicted molar refractivity (Wildman–Crippen MR) is 124 cm³/mol. The molecule has 7 nitrogen and oxygen atoms in total. The maximum absolute atomic E-state index is 12.6. The van der Waals surface area contributed by atoms with Crippen LogP contribution in [-0.2, 0) is 4.79 Å². The zero-order valence-electron chi connectivity index (χ0n) is 18.7. The van der Waals surface area contributed by atoms with Crippen LogP contribution in [0.2, 0.25) is 0 Å². The van der Waals surface area contributed by atoms with Crippen molar-refractivity contribution in [3.63, 3.8) is 0 Å². The van der Waals surface area contributed by atoms with E-state index < -0.39 is 0 Å². The number of carbonyl (C=O) groups is 1. The third kappa shape index (κ3) is 5.17. The van der Waals surface area contributed by atoms with Crippen LogP contribution >= 0.6 is 0 Å². The summed E-state index contributed by atoms with van der Waals surface area (Å²) in [5.41, 5.74) is 4.05. The van der Waals surface area contributed by atoms with Crippen LogP contribution in [0.1, 0.15) is 11.1 Å². The van der Waals surface area contributed by atoms with Crippen molar-refractivity contribution in [1.82, 2.24) is 15.1 Å². The average Bonchev–Trinajstić information content (AvgIpc) is 2.82. The molecule has 2 heterocycles. The first-order chi connectivity index (χ1) is 15.5. The summed E-state index contributed by atoms with van der Waals surface area (Å²) in [5, 5.41) is 8.78. The molecular formula is C25H28N4O3. The number of aryl methyl sites for hydroxylation is 2. The third-order valence-electron chi connectivity index (χ3n) is 5.55. The van der Waals surface area contributed by atoms with Crippen molar-refractivity contribution in [2.75, 3.05) is 44.8 Å². The topological polar surface area (TPSA) is 67.8 Å². The fourth-order valence-electron chi connectivity index (χ4n) is 3.85. The highest BCUT2D eigenvalue weighted by atomic mass is 16.5. The molecule has 4 rings (SSSR count). The second-order valence-corrected chi connectivity index (χ2v) is 7.99. The maximum Gasteiger partial charge on any atom is 0.260 e. The lowest BCUT2D eigenvalue weighted by Gasteiger charge is -2.35. The van der Waals surface area contributed by atoms with Gasteiger partial charge in [0, 0.05) is 31.7 Å². The lowest BCUT2D eigenvalue weighted by atomic mass is 10.1. The molecule has 2 aromatic carbocycles. The van der Waals surface area contributed by atoms with Gasteiger partial charge in [-0.1, -0.05) is 6.07 Å². The fraction of sp³-hybridized carbons (Fsp3) is 0.320. The van der Waals surface area contributed by atoms with Crippen LogP contribution in [0.3, 0.4) is 0 Å². The molecule has 0 bridgehead atoms. The van der Waals surface area contributed by atoms with Gasteiger partial charge in [0.1, 0.15) is 11.5 Å². The number of ether oxygens (including phenoxy) is 2. The molecule has 1 amide bonds. The fourth-order valence-corrected chi connectivity index (χ4v) is 3.85. The molecule has 0 aliphatic carbocycles. The summed E-state index contributed by atoms with van der Waals surface area (Å²) in [6, 6.07) is 17.7. The van der Waals surface area contributed by atoms with Gasteiger partial charge in [-0.15, -0.1) is 10.2 Å². The van der Waals surface area contributed by atoms with Gasteiger partial charge in [0.2, 0.25) is 0 Å². The van der Waals surface area contributed by atoms with Gasteiger partial charge in [-0.25, -0.2) is 0 Å². The summed E-state index contributed by atoms with van der Waals surface area (Å²) in [7, 11) is 1.65. The Kier molecular flexibility index (Phi) is 6.54. The molecule has 166 valence electrons. The molecule has 0 N–H and O–H groups in total. The number of piperazine rings is 1. The van der Waals surface area contributed by atoms with Crippen LogP contribution in [0.15, 0.2) is 54.6 Å². The number of methoxy groups -OCH3 is 1. The molecule has 0 atom stereocenters. The van der Waals surface area contributed by atoms with Crippen molar-refractivity contribution in [3.05, 3.63) is 65.7 Å². The van der Waals surface area contributed by atoms with E-state index >= 15 is 0 Å². The summed E-state index contributed by atoms with van der Waals surface area (Å²) in [6.45, 7) is 6.80. The Balaban J connectivity index is 1.29. The Morgan fingerprint density at radius 3 is 2.16 bits per heavy atom. The quantitative estimate of drug-likeness (QED) is 0.594. The van der Waals surface area contributed by atoms with Crippen molar-refractivity contribution in [3.8, 4) is 22.8 Å². The van der Waals surface area contributed by atoms with Gasteiger partial charge >= 0.3 is 0 Å². The molecule has 0 spiro atoms. The normalized spacial score (nSPS) is 13.7. The number of aromatic nitrogens is 2. The van der Waals surface area contributed by atoms with Crippen LogP contribution in [0.25, 0.3) is 11.3 Å². The Morgan fingerprint density at radius 2 is 1.56 bits per heavy atom. The van der Waals surface area contributed by atoms with Gasteiger partial charge < -0.3 is 19.3 Å². The number of amides is 1. The molecule has 1 aliphatic rings. The van der Waals surface area contributed by atoms with Gasteiger partial charge in [0.05, 0.1) is 12.8 Å². The van der Waals surface area contributed by atoms with Crippen molar-refractivity contribution in [1.29, 1.82) is 0 Å². The second kappa shape index (κ2) is 9.68. The Morgan fingerprint density at radius 1 is 0.875 bits per heavy atom. The SMILES string of the molecule is COc1ccc(-c2ccc(N3CCN(C(=O)COc4cc(C)cc(C)c4)CC3)nn2)cc1. The van der Waals surface area contributed by atoms with Crippen molar-refractivity contribution in [2.24, 2.45) is 0 Å². The van der Waals surface area contributed by atoms with E-state index in [4.69, 9.17) is 9.47 Å². The Bertz CT molecular complexity index is 1040. The van der Waals surface area contributed by atoms with E-state index in [1.807, 2.05) is 67.3 Å².